The lowest BCUT2D eigenvalue weighted by Crippen LogP contribution is -2.64. The van der Waals surface area contributed by atoms with Gasteiger partial charge in [-0.25, -0.2) is 9.13 Å². The number of carbonyl (C=O) groups excluding carboxylic acids is 2. The molecule has 7 unspecified atom stereocenters. The number of esters is 2. The number of carbonyl (C=O) groups is 2. The second-order valence-corrected chi connectivity index (χ2v) is 19.8. The van der Waals surface area contributed by atoms with Crippen LogP contribution in [0.5, 0.6) is 0 Å². The summed E-state index contributed by atoms with van der Waals surface area (Å²) in [4.78, 5) is 54.3. The van der Waals surface area contributed by atoms with Crippen LogP contribution in [0.2, 0.25) is 0 Å². The van der Waals surface area contributed by atoms with Crippen molar-refractivity contribution in [3.63, 3.8) is 0 Å². The smallest absolute Gasteiger partial charge is 0.462 e. The van der Waals surface area contributed by atoms with E-state index in [1.807, 2.05) is 0 Å². The Balaban J connectivity index is 1.80. The predicted molar refractivity (Wildman–Crippen MR) is 250 cm³/mol. The Morgan fingerprint density at radius 2 is 1.06 bits per heavy atom. The van der Waals surface area contributed by atoms with E-state index in [0.29, 0.717) is 25.0 Å². The van der Waals surface area contributed by atoms with Gasteiger partial charge in [0.05, 0.1) is 18.8 Å². The van der Waals surface area contributed by atoms with Crippen LogP contribution in [0.3, 0.4) is 0 Å². The van der Waals surface area contributed by atoms with Gasteiger partial charge < -0.3 is 49.3 Å². The summed E-state index contributed by atoms with van der Waals surface area (Å²) >= 11 is 0. The molecule has 0 radical (unpaired) electrons. The Kier molecular flexibility index (Phi) is 31.9. The molecular weight excluding hydrogens is 898 g/mol. The lowest BCUT2D eigenvalue weighted by molar-refractivity contribution is -0.216. The first-order chi connectivity index (χ1) is 31.6. The van der Waals surface area contributed by atoms with Gasteiger partial charge in [0, 0.05) is 12.8 Å². The monoisotopic (exact) mass is 981 g/mol. The van der Waals surface area contributed by atoms with Crippen LogP contribution < -0.4 is 0 Å². The van der Waals surface area contributed by atoms with Crippen molar-refractivity contribution < 1.29 is 81.6 Å². The zero-order chi connectivity index (χ0) is 48.6. The van der Waals surface area contributed by atoms with Gasteiger partial charge in [0.1, 0.15) is 43.2 Å². The Morgan fingerprint density at radius 3 is 1.65 bits per heavy atom. The van der Waals surface area contributed by atoms with Gasteiger partial charge in [-0.3, -0.25) is 23.2 Å². The molecule has 1 aliphatic heterocycles. The molecule has 2 aliphatic rings. The molecule has 0 amide bonds. The lowest BCUT2D eigenvalue weighted by atomic mass is 9.85. The molecule has 10 atom stereocenters. The number of aliphatic hydroxyl groups excluding tert-OH is 4. The Morgan fingerprint density at radius 1 is 0.561 bits per heavy atom. The minimum Gasteiger partial charge on any atom is -0.462 e. The quantitative estimate of drug-likeness (QED) is 0.0100. The molecule has 0 spiro atoms. The molecule has 1 saturated carbocycles. The number of ether oxygens (including phenoxy) is 3. The maximum Gasteiger partial charge on any atom is 0.472 e. The molecule has 0 aromatic rings. The van der Waals surface area contributed by atoms with Crippen LogP contribution in [-0.2, 0) is 46.5 Å². The van der Waals surface area contributed by atoms with Gasteiger partial charge in [-0.1, -0.05) is 127 Å². The van der Waals surface area contributed by atoms with Crippen LogP contribution in [-0.4, -0.2) is 115 Å². The summed E-state index contributed by atoms with van der Waals surface area (Å²) in [5.41, 5.74) is 0. The first-order valence-corrected chi connectivity index (χ1v) is 27.3. The fourth-order valence-electron chi connectivity index (χ4n) is 7.39. The van der Waals surface area contributed by atoms with Crippen molar-refractivity contribution in [3.8, 4) is 0 Å². The topological polar surface area (TPSA) is 269 Å². The summed E-state index contributed by atoms with van der Waals surface area (Å²) in [5, 5.41) is 41.3. The van der Waals surface area contributed by atoms with Gasteiger partial charge in [-0.2, -0.15) is 0 Å². The van der Waals surface area contributed by atoms with Crippen molar-refractivity contribution in [1.82, 2.24) is 0 Å². The number of epoxide rings is 1. The minimum absolute atomic E-state index is 0.0167. The molecule has 2 fully saturated rings. The third-order valence-electron chi connectivity index (χ3n) is 11.3. The number of aliphatic hydroxyl groups is 4. The highest BCUT2D eigenvalue weighted by Gasteiger charge is 2.54. The second-order valence-electron chi connectivity index (χ2n) is 17.2. The summed E-state index contributed by atoms with van der Waals surface area (Å²) in [7, 11) is -10.7. The fourth-order valence-corrected chi connectivity index (χ4v) is 8.93. The summed E-state index contributed by atoms with van der Waals surface area (Å²) < 4.78 is 55.1. The van der Waals surface area contributed by atoms with Crippen LogP contribution >= 0.6 is 15.6 Å². The van der Waals surface area contributed by atoms with Crippen molar-refractivity contribution in [3.05, 3.63) is 48.6 Å². The first kappa shape index (κ1) is 60.0. The molecule has 1 saturated heterocycles. The number of phosphoric acid groups is 2. The number of hydrogen-bond acceptors (Lipinski definition) is 14. The van der Waals surface area contributed by atoms with Gasteiger partial charge >= 0.3 is 27.6 Å². The summed E-state index contributed by atoms with van der Waals surface area (Å²) in [6.07, 6.45) is 25.2. The second kappa shape index (κ2) is 35.1. The lowest BCUT2D eigenvalue weighted by Gasteiger charge is -2.43. The highest BCUT2D eigenvalue weighted by molar-refractivity contribution is 7.47. The van der Waals surface area contributed by atoms with Gasteiger partial charge in [0.25, 0.3) is 0 Å². The average Bonchev–Trinajstić information content (AvgIpc) is 4.03. The standard InChI is InChI=1S/C47H82O17P2/c1-3-5-7-8-9-10-11-12-13-14-15-16-17-18-22-25-29-33-40(48)59-35-37(36-60-66(57,58)64-47-44(52)42(50)43(51)46(45(47)53)63-65(54,55)56)61-41(49)34-30-26-23-20-19-21-24-28-32-39-38(62-39)31-27-6-4-2/h9-10,12-13,15-16,24,28,37-39,42-47,50-53H,3-8,11,14,17-23,25-27,29-36H2,1-2H3,(H,57,58)(H2,54,55,56)/b10-9-,13-12-,16-15-,28-24-/t37-,38?,39?,42?,43?,44?,45?,46-,47+/m1/s1. The van der Waals surface area contributed by atoms with Gasteiger partial charge in [0.15, 0.2) is 6.10 Å². The van der Waals surface area contributed by atoms with Gasteiger partial charge in [0.2, 0.25) is 0 Å². The number of hydrogen-bond donors (Lipinski definition) is 7. The van der Waals surface area contributed by atoms with Crippen molar-refractivity contribution in [2.45, 2.75) is 223 Å². The molecule has 66 heavy (non-hydrogen) atoms. The summed E-state index contributed by atoms with van der Waals surface area (Å²) in [6.45, 7) is 3.01. The highest BCUT2D eigenvalue weighted by atomic mass is 31.2. The molecule has 1 heterocycles. The number of phosphoric ester groups is 2. The van der Waals surface area contributed by atoms with E-state index in [1.165, 1.54) is 38.5 Å². The largest absolute Gasteiger partial charge is 0.472 e. The van der Waals surface area contributed by atoms with Crippen LogP contribution in [0.1, 0.15) is 168 Å². The molecule has 1 aliphatic carbocycles. The molecule has 382 valence electrons. The maximum atomic E-state index is 13.0. The van der Waals surface area contributed by atoms with Crippen LogP contribution in [0.4, 0.5) is 0 Å². The van der Waals surface area contributed by atoms with Crippen LogP contribution in [0.25, 0.3) is 0 Å². The molecule has 17 nitrogen and oxygen atoms in total. The van der Waals surface area contributed by atoms with E-state index in [1.54, 1.807) is 0 Å². The minimum atomic E-state index is -5.37. The molecule has 19 heteroatoms. The molecule has 0 aromatic heterocycles. The predicted octanol–water partition coefficient (Wildman–Crippen LogP) is 8.27. The van der Waals surface area contributed by atoms with E-state index >= 15 is 0 Å². The molecule has 0 aromatic carbocycles. The zero-order valence-corrected chi connectivity index (χ0v) is 41.1. The van der Waals surface area contributed by atoms with Crippen LogP contribution in [0, 0.1) is 0 Å². The molecule has 2 rings (SSSR count). The van der Waals surface area contributed by atoms with Crippen molar-refractivity contribution in [2.24, 2.45) is 0 Å². The van der Waals surface area contributed by atoms with Crippen molar-refractivity contribution in [1.29, 1.82) is 0 Å². The maximum absolute atomic E-state index is 13.0. The van der Waals surface area contributed by atoms with Gasteiger partial charge in [-0.05, 0) is 77.0 Å². The van der Waals surface area contributed by atoms with Gasteiger partial charge in [-0.15, -0.1) is 0 Å². The molecule has 0 bridgehead atoms. The summed E-state index contributed by atoms with van der Waals surface area (Å²) in [6, 6.07) is 0. The molecular formula is C47H82O17P2. The zero-order valence-electron chi connectivity index (χ0n) is 39.3. The van der Waals surface area contributed by atoms with E-state index in [2.05, 4.69) is 67.0 Å². The van der Waals surface area contributed by atoms with E-state index < -0.39 is 83.5 Å². The number of rotatable bonds is 39. The third kappa shape index (κ3) is 28.4. The van der Waals surface area contributed by atoms with E-state index in [9.17, 15) is 53.8 Å². The van der Waals surface area contributed by atoms with Crippen LogP contribution in [0.15, 0.2) is 48.6 Å². The van der Waals surface area contributed by atoms with E-state index in [4.69, 9.17) is 23.3 Å². The number of allylic oxidation sites excluding steroid dienone is 7. The van der Waals surface area contributed by atoms with Crippen molar-refractivity contribution >= 4 is 27.6 Å². The average molecular weight is 981 g/mol. The first-order valence-electron chi connectivity index (χ1n) is 24.3. The normalized spacial score (nSPS) is 25.0. The Bertz CT molecular complexity index is 1530. The summed E-state index contributed by atoms with van der Waals surface area (Å²) in [5.74, 6) is -1.25. The van der Waals surface area contributed by atoms with Crippen molar-refractivity contribution in [2.75, 3.05) is 13.2 Å². The fraction of sp³-hybridized carbons (Fsp3) is 0.787. The third-order valence-corrected chi connectivity index (χ3v) is 12.8. The Hall–Kier alpha value is -2.08. The number of unbranched alkanes of at least 4 members (excludes halogenated alkanes) is 14. The van der Waals surface area contributed by atoms with E-state index in [-0.39, 0.29) is 12.8 Å². The highest BCUT2D eigenvalue weighted by Crippen LogP contribution is 2.49. The SMILES string of the molecule is CCCCC/C=C\C/C=C\C/C=C\CCCCCCC(=O)OC[C@H](COP(=O)(O)O[C@H]1C(O)C(O)C(O)[C@@H](OP(=O)(O)O)C1O)OC(=O)CCCCCCC/C=C\CC1OC1CCCCC. The van der Waals surface area contributed by atoms with E-state index in [0.717, 1.165) is 89.9 Å². The molecule has 7 N–H and O–H groups in total. The Labute approximate surface area is 392 Å².